The normalized spacial score (nSPS) is 20.7. The van der Waals surface area contributed by atoms with E-state index in [2.05, 4.69) is 21.6 Å². The van der Waals surface area contributed by atoms with Gasteiger partial charge in [0.1, 0.15) is 5.75 Å². The summed E-state index contributed by atoms with van der Waals surface area (Å²) in [5, 5.41) is 6.49. The molecular formula is C36H50N6O5. The summed E-state index contributed by atoms with van der Waals surface area (Å²) in [6, 6.07) is 12.5. The third-order valence-electron chi connectivity index (χ3n) is 10.4. The molecule has 0 radical (unpaired) electrons. The molecule has 3 saturated heterocycles. The van der Waals surface area contributed by atoms with Crippen molar-refractivity contribution in [1.29, 1.82) is 0 Å². The molecule has 3 fully saturated rings. The van der Waals surface area contributed by atoms with Crippen LogP contribution in [0.3, 0.4) is 0 Å². The number of hydrogen-bond acceptors (Lipinski definition) is 7. The van der Waals surface area contributed by atoms with E-state index in [1.165, 1.54) is 0 Å². The Bertz CT molecular complexity index is 1410. The number of likely N-dealkylation sites (tertiary alicyclic amines) is 1. The van der Waals surface area contributed by atoms with Gasteiger partial charge in [-0.25, -0.2) is 9.59 Å². The number of aryl methyl sites for hydroxylation is 2. The van der Waals surface area contributed by atoms with Crippen molar-refractivity contribution in [3.63, 3.8) is 0 Å². The number of anilines is 1. The highest BCUT2D eigenvalue weighted by Gasteiger charge is 2.36. The van der Waals surface area contributed by atoms with Crippen molar-refractivity contribution in [2.24, 2.45) is 0 Å². The molecule has 2 N–H and O–H groups in total. The molecule has 4 aliphatic rings. The van der Waals surface area contributed by atoms with Crippen molar-refractivity contribution in [1.82, 2.24) is 24.9 Å². The number of amides is 4. The number of para-hydroxylation sites is 1. The number of piperidine rings is 2. The smallest absolute Gasteiger partial charge is 0.410 e. The Kier molecular flexibility index (Phi) is 10.5. The topological polar surface area (TPSA) is 107 Å². The van der Waals surface area contributed by atoms with Crippen LogP contribution < -0.4 is 15.4 Å². The number of fused-ring (bicyclic) bond motifs is 1. The number of rotatable bonds is 7. The molecule has 11 nitrogen and oxygen atoms in total. The van der Waals surface area contributed by atoms with Gasteiger partial charge < -0.3 is 34.8 Å². The number of methoxy groups -OCH3 is 1. The Balaban J connectivity index is 1.09. The largest absolute Gasteiger partial charge is 0.496 e. The quantitative estimate of drug-likeness (QED) is 0.472. The van der Waals surface area contributed by atoms with Crippen LogP contribution in [0.25, 0.3) is 0 Å². The summed E-state index contributed by atoms with van der Waals surface area (Å²) in [7, 11) is 1.66. The highest BCUT2D eigenvalue weighted by Crippen LogP contribution is 2.27. The minimum atomic E-state index is -0.923. The van der Waals surface area contributed by atoms with Crippen molar-refractivity contribution < 1.29 is 23.9 Å². The van der Waals surface area contributed by atoms with Gasteiger partial charge in [-0.15, -0.1) is 0 Å². The van der Waals surface area contributed by atoms with Gasteiger partial charge in [-0.2, -0.15) is 0 Å². The van der Waals surface area contributed by atoms with Crippen molar-refractivity contribution in [3.05, 3.63) is 58.7 Å². The summed E-state index contributed by atoms with van der Waals surface area (Å²) < 4.78 is 11.7. The Morgan fingerprint density at radius 2 is 1.55 bits per heavy atom. The first-order chi connectivity index (χ1) is 22.8. The summed E-state index contributed by atoms with van der Waals surface area (Å²) in [5.41, 5.74) is 4.91. The highest BCUT2D eigenvalue weighted by molar-refractivity contribution is 5.91. The Hall–Kier alpha value is -3.83. The third kappa shape index (κ3) is 7.67. The molecule has 2 aromatic rings. The monoisotopic (exact) mass is 646 g/mol. The van der Waals surface area contributed by atoms with Crippen LogP contribution in [-0.4, -0.2) is 122 Å². The Labute approximate surface area is 278 Å². The van der Waals surface area contributed by atoms with E-state index in [1.807, 2.05) is 54.0 Å². The number of benzene rings is 2. The van der Waals surface area contributed by atoms with Gasteiger partial charge in [-0.05, 0) is 87.4 Å². The SMILES string of the molecule is COc1c(C)cc(CC(OC(=O)N2CCC(N3CCc4ccccc4NC3=O)CC2)C(=O)N2CCN(C3CCNCC3)CC2)cc1C. The zero-order chi connectivity index (χ0) is 32.9. The van der Waals surface area contributed by atoms with Gasteiger partial charge in [0.2, 0.25) is 0 Å². The first kappa shape index (κ1) is 33.1. The van der Waals surface area contributed by atoms with E-state index in [0.29, 0.717) is 58.0 Å². The number of carbonyl (C=O) groups excluding carboxylic acids is 3. The Morgan fingerprint density at radius 1 is 0.872 bits per heavy atom. The number of carbonyl (C=O) groups is 3. The molecule has 4 amide bonds. The average molecular weight is 647 g/mol. The number of ether oxygens (including phenoxy) is 2. The van der Waals surface area contributed by atoms with Gasteiger partial charge in [0.15, 0.2) is 6.10 Å². The zero-order valence-corrected chi connectivity index (χ0v) is 28.1. The number of urea groups is 1. The lowest BCUT2D eigenvalue weighted by molar-refractivity contribution is -0.143. The lowest BCUT2D eigenvalue weighted by Gasteiger charge is -2.41. The molecule has 0 bridgehead atoms. The van der Waals surface area contributed by atoms with Crippen molar-refractivity contribution in [3.8, 4) is 5.75 Å². The minimum Gasteiger partial charge on any atom is -0.496 e. The van der Waals surface area contributed by atoms with Gasteiger partial charge in [0, 0.05) is 70.0 Å². The summed E-state index contributed by atoms with van der Waals surface area (Å²) in [4.78, 5) is 48.8. The first-order valence-corrected chi connectivity index (χ1v) is 17.3. The third-order valence-corrected chi connectivity index (χ3v) is 10.4. The lowest BCUT2D eigenvalue weighted by atomic mass is 10.00. The van der Waals surface area contributed by atoms with Crippen LogP contribution in [0.1, 0.15) is 47.9 Å². The van der Waals surface area contributed by atoms with Crippen LogP contribution >= 0.6 is 0 Å². The van der Waals surface area contributed by atoms with Gasteiger partial charge in [0.05, 0.1) is 7.11 Å². The second-order valence-corrected chi connectivity index (χ2v) is 13.4. The first-order valence-electron chi connectivity index (χ1n) is 17.3. The van der Waals surface area contributed by atoms with E-state index in [9.17, 15) is 14.4 Å². The Morgan fingerprint density at radius 3 is 2.23 bits per heavy atom. The molecule has 0 spiro atoms. The van der Waals surface area contributed by atoms with Crippen molar-refractivity contribution in [2.75, 3.05) is 71.3 Å². The molecule has 1 unspecified atom stereocenters. The number of hydrogen-bond donors (Lipinski definition) is 2. The number of nitrogens with zero attached hydrogens (tertiary/aromatic N) is 4. The van der Waals surface area contributed by atoms with E-state index in [-0.39, 0.29) is 18.0 Å². The van der Waals surface area contributed by atoms with E-state index >= 15 is 0 Å². The molecule has 2 aromatic carbocycles. The van der Waals surface area contributed by atoms with E-state index < -0.39 is 12.2 Å². The standard InChI is InChI=1S/C36H50N6O5/c1-25-22-27(23-26(2)33(25)46-3)24-32(34(43)40-20-18-39(19-21-40)29-8-13-37-14-9-29)47-36(45)41-15-11-30(12-16-41)42-17-10-28-6-4-5-7-31(28)38-35(42)44/h4-7,22-23,29-30,32,37H,8-21,24H2,1-3H3,(H,38,44). The van der Waals surface area contributed by atoms with Gasteiger partial charge in [0.25, 0.3) is 5.91 Å². The summed E-state index contributed by atoms with van der Waals surface area (Å²) >= 11 is 0. The maximum atomic E-state index is 14.0. The second kappa shape index (κ2) is 14.9. The fraction of sp³-hybridized carbons (Fsp3) is 0.583. The second-order valence-electron chi connectivity index (χ2n) is 13.4. The van der Waals surface area contributed by atoms with Gasteiger partial charge >= 0.3 is 12.1 Å². The van der Waals surface area contributed by atoms with E-state index in [1.54, 1.807) is 12.0 Å². The van der Waals surface area contributed by atoms with Crippen LogP contribution in [0.2, 0.25) is 0 Å². The van der Waals surface area contributed by atoms with Crippen molar-refractivity contribution >= 4 is 23.7 Å². The minimum absolute atomic E-state index is 0.0345. The van der Waals surface area contributed by atoms with Crippen LogP contribution in [0.4, 0.5) is 15.3 Å². The summed E-state index contributed by atoms with van der Waals surface area (Å²) in [6.07, 6.45) is 3.29. The predicted molar refractivity (Wildman–Crippen MR) is 181 cm³/mol. The summed E-state index contributed by atoms with van der Waals surface area (Å²) in [5.74, 6) is 0.692. The fourth-order valence-corrected chi connectivity index (χ4v) is 7.85. The van der Waals surface area contributed by atoms with Gasteiger partial charge in [-0.1, -0.05) is 30.3 Å². The zero-order valence-electron chi connectivity index (χ0n) is 28.1. The molecule has 47 heavy (non-hydrogen) atoms. The van der Waals surface area contributed by atoms with E-state index in [4.69, 9.17) is 9.47 Å². The maximum absolute atomic E-state index is 14.0. The fourth-order valence-electron chi connectivity index (χ4n) is 7.85. The lowest BCUT2D eigenvalue weighted by Crippen LogP contribution is -2.56. The molecule has 4 heterocycles. The molecule has 254 valence electrons. The maximum Gasteiger partial charge on any atom is 0.410 e. The molecule has 1 atom stereocenters. The molecular weight excluding hydrogens is 596 g/mol. The number of nitrogens with one attached hydrogen (secondary N) is 2. The molecule has 4 aliphatic heterocycles. The van der Waals surface area contributed by atoms with Crippen LogP contribution in [-0.2, 0) is 22.4 Å². The molecule has 11 heteroatoms. The number of piperazine rings is 1. The molecule has 0 aromatic heterocycles. The van der Waals surface area contributed by atoms with Crippen LogP contribution in [0.5, 0.6) is 5.75 Å². The molecule has 0 saturated carbocycles. The van der Waals surface area contributed by atoms with Crippen molar-refractivity contribution in [2.45, 2.75) is 70.6 Å². The van der Waals surface area contributed by atoms with Gasteiger partial charge in [-0.3, -0.25) is 9.69 Å². The predicted octanol–water partition coefficient (Wildman–Crippen LogP) is 3.81. The van der Waals surface area contributed by atoms with Crippen LogP contribution in [0, 0.1) is 13.8 Å². The van der Waals surface area contributed by atoms with Crippen LogP contribution in [0.15, 0.2) is 36.4 Å². The summed E-state index contributed by atoms with van der Waals surface area (Å²) in [6.45, 7) is 10.6. The van der Waals surface area contributed by atoms with E-state index in [0.717, 1.165) is 79.1 Å². The highest BCUT2D eigenvalue weighted by atomic mass is 16.6. The average Bonchev–Trinajstić information content (AvgIpc) is 3.26. The molecule has 0 aliphatic carbocycles. The molecule has 6 rings (SSSR count).